The van der Waals surface area contributed by atoms with Crippen molar-refractivity contribution in [3.8, 4) is 17.0 Å². The summed E-state index contributed by atoms with van der Waals surface area (Å²) >= 11 is 3.37. The molecule has 0 saturated heterocycles. The van der Waals surface area contributed by atoms with Gasteiger partial charge in [0.15, 0.2) is 6.10 Å². The largest absolute Gasteiger partial charge is 0.481 e. The van der Waals surface area contributed by atoms with Crippen LogP contribution < -0.4 is 10.1 Å². The summed E-state index contributed by atoms with van der Waals surface area (Å²) < 4.78 is 24.4. The topological polar surface area (TPSA) is 64.4 Å². The molecule has 1 aromatic heterocycles. The zero-order chi connectivity index (χ0) is 17.8. The summed E-state index contributed by atoms with van der Waals surface area (Å²) in [6.07, 6.45) is -0.785. The second-order valence-corrected chi connectivity index (χ2v) is 6.20. The van der Waals surface area contributed by atoms with Gasteiger partial charge in [0.05, 0.1) is 0 Å². The van der Waals surface area contributed by atoms with E-state index in [-0.39, 0.29) is 11.7 Å². The first-order valence-corrected chi connectivity index (χ1v) is 8.26. The van der Waals surface area contributed by atoms with E-state index in [9.17, 15) is 9.18 Å². The number of hydrogen-bond acceptors (Lipinski definition) is 4. The van der Waals surface area contributed by atoms with E-state index in [1.807, 2.05) is 24.3 Å². The maximum Gasteiger partial charge on any atom is 0.267 e. The normalized spacial score (nSPS) is 11.8. The number of hydrogen-bond donors (Lipinski definition) is 1. The van der Waals surface area contributed by atoms with Gasteiger partial charge in [-0.05, 0) is 43.3 Å². The van der Waals surface area contributed by atoms with Crippen LogP contribution in [-0.2, 0) is 4.79 Å². The summed E-state index contributed by atoms with van der Waals surface area (Å²) in [7, 11) is 0. The summed E-state index contributed by atoms with van der Waals surface area (Å²) in [6, 6.07) is 14.6. The Bertz CT molecular complexity index is 863. The first-order valence-electron chi connectivity index (χ1n) is 7.47. The van der Waals surface area contributed by atoms with E-state index >= 15 is 0 Å². The van der Waals surface area contributed by atoms with E-state index in [1.165, 1.54) is 24.3 Å². The Balaban J connectivity index is 1.62. The molecule has 0 aliphatic heterocycles. The number of anilines is 1. The van der Waals surface area contributed by atoms with Crippen LogP contribution in [0.1, 0.15) is 6.92 Å². The first-order chi connectivity index (χ1) is 12.0. The van der Waals surface area contributed by atoms with Gasteiger partial charge in [-0.2, -0.15) is 0 Å². The minimum Gasteiger partial charge on any atom is -0.481 e. The molecule has 0 aliphatic carbocycles. The quantitative estimate of drug-likeness (QED) is 0.671. The van der Waals surface area contributed by atoms with Gasteiger partial charge in [-0.3, -0.25) is 10.1 Å². The van der Waals surface area contributed by atoms with E-state index in [0.717, 1.165) is 10.0 Å². The molecule has 1 atom stereocenters. The predicted octanol–water partition coefficient (Wildman–Crippen LogP) is 4.65. The maximum absolute atomic E-state index is 12.9. The fourth-order valence-electron chi connectivity index (χ4n) is 2.08. The summed E-state index contributed by atoms with van der Waals surface area (Å²) in [4.78, 5) is 12.2. The van der Waals surface area contributed by atoms with Crippen molar-refractivity contribution in [2.24, 2.45) is 0 Å². The van der Waals surface area contributed by atoms with Crippen molar-refractivity contribution in [2.45, 2.75) is 13.0 Å². The number of nitrogens with one attached hydrogen (secondary N) is 1. The molecule has 128 valence electrons. The number of benzene rings is 2. The Morgan fingerprint density at radius 3 is 2.56 bits per heavy atom. The molecule has 25 heavy (non-hydrogen) atoms. The van der Waals surface area contributed by atoms with Crippen LogP contribution in [0.3, 0.4) is 0 Å². The Morgan fingerprint density at radius 1 is 1.20 bits per heavy atom. The van der Waals surface area contributed by atoms with Crippen molar-refractivity contribution < 1.29 is 18.4 Å². The Labute approximate surface area is 151 Å². The molecule has 0 unspecified atom stereocenters. The third kappa shape index (κ3) is 4.45. The number of carbonyl (C=O) groups is 1. The van der Waals surface area contributed by atoms with E-state index in [2.05, 4.69) is 26.4 Å². The number of aromatic nitrogens is 1. The van der Waals surface area contributed by atoms with Crippen molar-refractivity contribution in [1.82, 2.24) is 5.16 Å². The maximum atomic E-state index is 12.9. The van der Waals surface area contributed by atoms with Gasteiger partial charge in [-0.15, -0.1) is 0 Å². The van der Waals surface area contributed by atoms with Crippen molar-refractivity contribution in [3.05, 3.63) is 64.9 Å². The Kier molecular flexibility index (Phi) is 5.14. The highest BCUT2D eigenvalue weighted by atomic mass is 79.9. The highest BCUT2D eigenvalue weighted by Gasteiger charge is 2.17. The molecule has 1 heterocycles. The third-order valence-electron chi connectivity index (χ3n) is 3.39. The molecular formula is C18H14BrFN2O3. The van der Waals surface area contributed by atoms with Gasteiger partial charge in [-0.25, -0.2) is 4.39 Å². The van der Waals surface area contributed by atoms with Crippen LogP contribution in [0.4, 0.5) is 10.3 Å². The number of amides is 1. The van der Waals surface area contributed by atoms with Crippen LogP contribution >= 0.6 is 15.9 Å². The number of carbonyl (C=O) groups excluding carboxylic acids is 1. The number of halogens is 2. The molecule has 7 heteroatoms. The third-order valence-corrected chi connectivity index (χ3v) is 3.92. The first kappa shape index (κ1) is 17.2. The van der Waals surface area contributed by atoms with Gasteiger partial charge < -0.3 is 9.26 Å². The molecular weight excluding hydrogens is 391 g/mol. The molecule has 0 radical (unpaired) electrons. The van der Waals surface area contributed by atoms with Crippen LogP contribution in [0.5, 0.6) is 5.75 Å². The van der Waals surface area contributed by atoms with Crippen LogP contribution in [0.25, 0.3) is 11.3 Å². The van der Waals surface area contributed by atoms with Crippen molar-refractivity contribution in [3.63, 3.8) is 0 Å². The molecule has 0 fully saturated rings. The van der Waals surface area contributed by atoms with Gasteiger partial charge in [0, 0.05) is 16.1 Å². The highest BCUT2D eigenvalue weighted by molar-refractivity contribution is 9.10. The smallest absolute Gasteiger partial charge is 0.267 e. The minimum atomic E-state index is -0.785. The van der Waals surface area contributed by atoms with E-state index in [0.29, 0.717) is 11.4 Å². The van der Waals surface area contributed by atoms with Gasteiger partial charge in [0.25, 0.3) is 5.91 Å². The summed E-state index contributed by atoms with van der Waals surface area (Å²) in [5, 5.41) is 6.53. The number of rotatable bonds is 5. The second-order valence-electron chi connectivity index (χ2n) is 5.29. The zero-order valence-corrected chi connectivity index (χ0v) is 14.8. The molecule has 1 N–H and O–H groups in total. The lowest BCUT2D eigenvalue weighted by atomic mass is 10.1. The van der Waals surface area contributed by atoms with Crippen LogP contribution in [0.15, 0.2) is 63.6 Å². The van der Waals surface area contributed by atoms with Gasteiger partial charge in [-0.1, -0.05) is 33.2 Å². The van der Waals surface area contributed by atoms with E-state index in [1.54, 1.807) is 13.0 Å². The van der Waals surface area contributed by atoms with Gasteiger partial charge in [0.1, 0.15) is 17.3 Å². The number of nitrogens with zero attached hydrogens (tertiary/aromatic N) is 1. The van der Waals surface area contributed by atoms with Gasteiger partial charge in [0.2, 0.25) is 5.88 Å². The van der Waals surface area contributed by atoms with Crippen molar-refractivity contribution in [2.75, 3.05) is 5.32 Å². The van der Waals surface area contributed by atoms with Crippen molar-refractivity contribution in [1.29, 1.82) is 0 Å². The predicted molar refractivity (Wildman–Crippen MR) is 94.8 cm³/mol. The molecule has 5 nitrogen and oxygen atoms in total. The molecule has 0 spiro atoms. The second kappa shape index (κ2) is 7.48. The fraction of sp³-hybridized carbons (Fsp3) is 0.111. The monoisotopic (exact) mass is 404 g/mol. The summed E-state index contributed by atoms with van der Waals surface area (Å²) in [5.41, 5.74) is 1.47. The van der Waals surface area contributed by atoms with Crippen LogP contribution in [0.2, 0.25) is 0 Å². The number of ether oxygens (including phenoxy) is 1. The lowest BCUT2D eigenvalue weighted by molar-refractivity contribution is -0.122. The SMILES string of the molecule is C[C@@H](Oc1ccc(F)cc1)C(=O)Nc1cc(-c2ccc(Br)cc2)no1. The standard InChI is InChI=1S/C18H14BrFN2O3/c1-11(24-15-8-6-14(20)7-9-15)18(23)21-17-10-16(22-25-17)12-2-4-13(19)5-3-12/h2-11H,1H3,(H,21,23)/t11-/m1/s1. The minimum absolute atomic E-state index is 0.220. The molecule has 3 aromatic rings. The zero-order valence-electron chi connectivity index (χ0n) is 13.2. The Hall–Kier alpha value is -2.67. The summed E-state index contributed by atoms with van der Waals surface area (Å²) in [5.74, 6) is -0.149. The average molecular weight is 405 g/mol. The van der Waals surface area contributed by atoms with Gasteiger partial charge >= 0.3 is 0 Å². The van der Waals surface area contributed by atoms with Crippen LogP contribution in [0, 0.1) is 5.82 Å². The van der Waals surface area contributed by atoms with Crippen molar-refractivity contribution >= 4 is 27.7 Å². The highest BCUT2D eigenvalue weighted by Crippen LogP contribution is 2.23. The average Bonchev–Trinajstić information content (AvgIpc) is 3.06. The molecule has 1 amide bonds. The lowest BCUT2D eigenvalue weighted by Crippen LogP contribution is -2.29. The molecule has 0 saturated carbocycles. The molecule has 3 rings (SSSR count). The molecule has 0 bridgehead atoms. The molecule has 2 aromatic carbocycles. The lowest BCUT2D eigenvalue weighted by Gasteiger charge is -2.13. The Morgan fingerprint density at radius 2 is 1.88 bits per heavy atom. The van der Waals surface area contributed by atoms with E-state index < -0.39 is 12.0 Å². The van der Waals surface area contributed by atoms with E-state index in [4.69, 9.17) is 9.26 Å². The summed E-state index contributed by atoms with van der Waals surface area (Å²) in [6.45, 7) is 1.59. The van der Waals surface area contributed by atoms with Crippen LogP contribution in [-0.4, -0.2) is 17.2 Å². The molecule has 0 aliphatic rings. The fourth-order valence-corrected chi connectivity index (χ4v) is 2.35.